The number of rotatable bonds is 4. The fourth-order valence-electron chi connectivity index (χ4n) is 2.37. The molecule has 3 unspecified atom stereocenters. The Morgan fingerprint density at radius 2 is 2.07 bits per heavy atom. The first-order chi connectivity index (χ1) is 7.04. The van der Waals surface area contributed by atoms with Crippen LogP contribution in [-0.4, -0.2) is 23.7 Å². The summed E-state index contributed by atoms with van der Waals surface area (Å²) in [6.07, 6.45) is 1.64. The SMILES string of the molecule is CCOC(=O)C1CC(CC(=O)O)CC1C. The maximum Gasteiger partial charge on any atom is 0.309 e. The van der Waals surface area contributed by atoms with Gasteiger partial charge in [0.05, 0.1) is 12.5 Å². The Bertz CT molecular complexity index is 249. The number of carboxylic acid groups (broad SMARTS) is 1. The molecule has 0 heterocycles. The third-order valence-electron chi connectivity index (χ3n) is 3.03. The van der Waals surface area contributed by atoms with Crippen molar-refractivity contribution in [3.05, 3.63) is 0 Å². The van der Waals surface area contributed by atoms with E-state index in [4.69, 9.17) is 9.84 Å². The lowest BCUT2D eigenvalue weighted by atomic mass is 9.99. The third kappa shape index (κ3) is 3.22. The number of aliphatic carboxylic acids is 1. The van der Waals surface area contributed by atoms with Crippen molar-refractivity contribution in [1.29, 1.82) is 0 Å². The van der Waals surface area contributed by atoms with Crippen LogP contribution in [-0.2, 0) is 14.3 Å². The number of carboxylic acids is 1. The second-order valence-corrected chi connectivity index (χ2v) is 4.27. The Balaban J connectivity index is 2.48. The maximum absolute atomic E-state index is 11.5. The average molecular weight is 214 g/mol. The van der Waals surface area contributed by atoms with Crippen LogP contribution in [0.15, 0.2) is 0 Å². The molecule has 0 spiro atoms. The van der Waals surface area contributed by atoms with Crippen molar-refractivity contribution in [2.45, 2.75) is 33.1 Å². The van der Waals surface area contributed by atoms with Gasteiger partial charge in [0.15, 0.2) is 0 Å². The summed E-state index contributed by atoms with van der Waals surface area (Å²) in [7, 11) is 0. The molecule has 1 aliphatic carbocycles. The minimum Gasteiger partial charge on any atom is -0.481 e. The fourth-order valence-corrected chi connectivity index (χ4v) is 2.37. The lowest BCUT2D eigenvalue weighted by Crippen LogP contribution is -2.19. The van der Waals surface area contributed by atoms with E-state index in [9.17, 15) is 9.59 Å². The predicted molar refractivity (Wildman–Crippen MR) is 54.3 cm³/mol. The van der Waals surface area contributed by atoms with Gasteiger partial charge in [-0.05, 0) is 31.6 Å². The zero-order chi connectivity index (χ0) is 11.4. The van der Waals surface area contributed by atoms with Gasteiger partial charge in [-0.25, -0.2) is 0 Å². The summed E-state index contributed by atoms with van der Waals surface area (Å²) >= 11 is 0. The highest BCUT2D eigenvalue weighted by atomic mass is 16.5. The van der Waals surface area contributed by atoms with E-state index in [0.29, 0.717) is 13.0 Å². The molecule has 0 aromatic carbocycles. The summed E-state index contributed by atoms with van der Waals surface area (Å²) in [6, 6.07) is 0. The first-order valence-electron chi connectivity index (χ1n) is 5.43. The Hall–Kier alpha value is -1.06. The smallest absolute Gasteiger partial charge is 0.309 e. The minimum atomic E-state index is -0.781. The topological polar surface area (TPSA) is 63.6 Å². The van der Waals surface area contributed by atoms with Crippen molar-refractivity contribution < 1.29 is 19.4 Å². The third-order valence-corrected chi connectivity index (χ3v) is 3.03. The van der Waals surface area contributed by atoms with Crippen LogP contribution in [0.25, 0.3) is 0 Å². The van der Waals surface area contributed by atoms with Crippen LogP contribution in [0.1, 0.15) is 33.1 Å². The highest BCUT2D eigenvalue weighted by Crippen LogP contribution is 2.38. The van der Waals surface area contributed by atoms with E-state index in [2.05, 4.69) is 0 Å². The number of hydrogen-bond donors (Lipinski definition) is 1. The number of hydrogen-bond acceptors (Lipinski definition) is 3. The molecule has 4 nitrogen and oxygen atoms in total. The number of esters is 1. The summed E-state index contributed by atoms with van der Waals surface area (Å²) in [6.45, 7) is 4.17. The van der Waals surface area contributed by atoms with Gasteiger partial charge in [-0.2, -0.15) is 0 Å². The van der Waals surface area contributed by atoms with Crippen LogP contribution in [0.3, 0.4) is 0 Å². The van der Waals surface area contributed by atoms with E-state index in [0.717, 1.165) is 6.42 Å². The molecule has 3 atom stereocenters. The zero-order valence-corrected chi connectivity index (χ0v) is 9.23. The van der Waals surface area contributed by atoms with E-state index >= 15 is 0 Å². The van der Waals surface area contributed by atoms with E-state index in [1.807, 2.05) is 6.92 Å². The van der Waals surface area contributed by atoms with Crippen LogP contribution < -0.4 is 0 Å². The van der Waals surface area contributed by atoms with Gasteiger partial charge < -0.3 is 9.84 Å². The van der Waals surface area contributed by atoms with Crippen LogP contribution in [0.2, 0.25) is 0 Å². The molecule has 15 heavy (non-hydrogen) atoms. The molecule has 4 heteroatoms. The van der Waals surface area contributed by atoms with Crippen molar-refractivity contribution in [2.75, 3.05) is 6.61 Å². The number of ether oxygens (including phenoxy) is 1. The molecule has 1 aliphatic rings. The monoisotopic (exact) mass is 214 g/mol. The van der Waals surface area contributed by atoms with Crippen LogP contribution >= 0.6 is 0 Å². The normalized spacial score (nSPS) is 30.1. The fraction of sp³-hybridized carbons (Fsp3) is 0.818. The molecule has 0 aromatic rings. The largest absolute Gasteiger partial charge is 0.481 e. The van der Waals surface area contributed by atoms with E-state index in [1.165, 1.54) is 0 Å². The molecule has 1 rings (SSSR count). The molecule has 0 aromatic heterocycles. The van der Waals surface area contributed by atoms with Crippen molar-refractivity contribution in [3.63, 3.8) is 0 Å². The molecule has 0 saturated heterocycles. The Morgan fingerprint density at radius 3 is 2.60 bits per heavy atom. The van der Waals surface area contributed by atoms with Crippen molar-refractivity contribution >= 4 is 11.9 Å². The van der Waals surface area contributed by atoms with E-state index < -0.39 is 5.97 Å². The molecule has 0 bridgehead atoms. The second-order valence-electron chi connectivity index (χ2n) is 4.27. The molecule has 1 N–H and O–H groups in total. The van der Waals surface area contributed by atoms with Gasteiger partial charge >= 0.3 is 11.9 Å². The Labute approximate surface area is 89.6 Å². The van der Waals surface area contributed by atoms with Crippen LogP contribution in [0, 0.1) is 17.8 Å². The molecular weight excluding hydrogens is 196 g/mol. The maximum atomic E-state index is 11.5. The zero-order valence-electron chi connectivity index (χ0n) is 9.23. The van der Waals surface area contributed by atoms with Crippen LogP contribution in [0.4, 0.5) is 0 Å². The highest BCUT2D eigenvalue weighted by Gasteiger charge is 2.37. The Morgan fingerprint density at radius 1 is 1.40 bits per heavy atom. The lowest BCUT2D eigenvalue weighted by Gasteiger charge is -2.12. The standard InChI is InChI=1S/C11H18O4/c1-3-15-11(14)9-5-8(4-7(9)2)6-10(12)13/h7-9H,3-6H2,1-2H3,(H,12,13). The molecule has 0 aliphatic heterocycles. The molecule has 0 amide bonds. The summed E-state index contributed by atoms with van der Waals surface area (Å²) in [5.41, 5.74) is 0. The van der Waals surface area contributed by atoms with Gasteiger partial charge in [-0.1, -0.05) is 6.92 Å². The molecule has 1 saturated carbocycles. The van der Waals surface area contributed by atoms with E-state index in [-0.39, 0.29) is 30.1 Å². The summed E-state index contributed by atoms with van der Waals surface area (Å²) in [4.78, 5) is 22.1. The van der Waals surface area contributed by atoms with Crippen molar-refractivity contribution in [2.24, 2.45) is 17.8 Å². The summed E-state index contributed by atoms with van der Waals surface area (Å²) < 4.78 is 4.96. The summed E-state index contributed by atoms with van der Waals surface area (Å²) in [5.74, 6) is -0.677. The number of carbonyl (C=O) groups excluding carboxylic acids is 1. The van der Waals surface area contributed by atoms with Crippen molar-refractivity contribution in [1.82, 2.24) is 0 Å². The average Bonchev–Trinajstić information content (AvgIpc) is 2.46. The van der Waals surface area contributed by atoms with Gasteiger partial charge in [0, 0.05) is 6.42 Å². The molecular formula is C11H18O4. The highest BCUT2D eigenvalue weighted by molar-refractivity contribution is 5.73. The minimum absolute atomic E-state index is 0.103. The Kier molecular flexibility index (Phi) is 4.12. The van der Waals surface area contributed by atoms with Crippen molar-refractivity contribution in [3.8, 4) is 0 Å². The predicted octanol–water partition coefficient (Wildman–Crippen LogP) is 1.69. The first kappa shape index (κ1) is 12.0. The quantitative estimate of drug-likeness (QED) is 0.723. The first-order valence-corrected chi connectivity index (χ1v) is 5.43. The number of carbonyl (C=O) groups is 2. The van der Waals surface area contributed by atoms with Gasteiger partial charge in [0.1, 0.15) is 0 Å². The van der Waals surface area contributed by atoms with E-state index in [1.54, 1.807) is 6.92 Å². The molecule has 86 valence electrons. The molecule has 1 fully saturated rings. The van der Waals surface area contributed by atoms with Gasteiger partial charge in [0.25, 0.3) is 0 Å². The lowest BCUT2D eigenvalue weighted by molar-refractivity contribution is -0.149. The second kappa shape index (κ2) is 5.14. The van der Waals surface area contributed by atoms with Gasteiger partial charge in [0.2, 0.25) is 0 Å². The molecule has 0 radical (unpaired) electrons. The summed E-state index contributed by atoms with van der Waals surface area (Å²) in [5, 5.41) is 8.67. The van der Waals surface area contributed by atoms with Crippen LogP contribution in [0.5, 0.6) is 0 Å². The van der Waals surface area contributed by atoms with Gasteiger partial charge in [-0.3, -0.25) is 9.59 Å². The van der Waals surface area contributed by atoms with Gasteiger partial charge in [-0.15, -0.1) is 0 Å².